The molecule has 4 aromatic rings. The minimum atomic E-state index is -0.176. The standard InChI is InChI=1S/C23H19N5O2S/c1-14-10-22(28-20-9-4-3-8-19(20)27-23(28)18(14)12-24)31-13-21(30)26-17-7-5-6-16(11-17)25-15(2)29/h3-11H,13H2,1-2H3,(H,25,29)(H,26,30). The van der Waals surface area contributed by atoms with E-state index in [-0.39, 0.29) is 17.6 Å². The van der Waals surface area contributed by atoms with Crippen LogP contribution in [0.5, 0.6) is 0 Å². The van der Waals surface area contributed by atoms with E-state index in [1.165, 1.54) is 18.7 Å². The first-order chi connectivity index (χ1) is 15.0. The molecular weight excluding hydrogens is 410 g/mol. The van der Waals surface area contributed by atoms with Crippen LogP contribution in [0.2, 0.25) is 0 Å². The van der Waals surface area contributed by atoms with E-state index in [4.69, 9.17) is 0 Å². The number of rotatable bonds is 5. The second-order valence-corrected chi connectivity index (χ2v) is 8.01. The summed E-state index contributed by atoms with van der Waals surface area (Å²) in [5.74, 6) is -0.173. The summed E-state index contributed by atoms with van der Waals surface area (Å²) in [6.07, 6.45) is 0. The fourth-order valence-electron chi connectivity index (χ4n) is 3.37. The number of anilines is 2. The molecule has 7 nitrogen and oxygen atoms in total. The summed E-state index contributed by atoms with van der Waals surface area (Å²) in [7, 11) is 0. The minimum absolute atomic E-state index is 0.174. The molecule has 2 heterocycles. The molecule has 2 N–H and O–H groups in total. The Morgan fingerprint density at radius 2 is 1.84 bits per heavy atom. The predicted octanol–water partition coefficient (Wildman–Crippen LogP) is 4.36. The molecule has 2 aromatic carbocycles. The molecule has 0 bridgehead atoms. The summed E-state index contributed by atoms with van der Waals surface area (Å²) in [5, 5.41) is 16.0. The van der Waals surface area contributed by atoms with Gasteiger partial charge in [-0.2, -0.15) is 5.26 Å². The van der Waals surface area contributed by atoms with Gasteiger partial charge in [-0.15, -0.1) is 0 Å². The lowest BCUT2D eigenvalue weighted by molar-refractivity contribution is -0.114. The number of nitrogens with zero attached hydrogens (tertiary/aromatic N) is 3. The largest absolute Gasteiger partial charge is 0.326 e. The molecule has 8 heteroatoms. The van der Waals surface area contributed by atoms with Crippen molar-refractivity contribution in [2.45, 2.75) is 18.9 Å². The number of hydrogen-bond donors (Lipinski definition) is 2. The van der Waals surface area contributed by atoms with Crippen LogP contribution in [-0.4, -0.2) is 27.0 Å². The molecule has 31 heavy (non-hydrogen) atoms. The number of para-hydroxylation sites is 2. The van der Waals surface area contributed by atoms with E-state index in [0.29, 0.717) is 22.6 Å². The van der Waals surface area contributed by atoms with Gasteiger partial charge in [0.25, 0.3) is 0 Å². The average Bonchev–Trinajstić information content (AvgIpc) is 3.11. The molecule has 0 saturated heterocycles. The highest BCUT2D eigenvalue weighted by Crippen LogP contribution is 2.29. The molecule has 4 rings (SSSR count). The Kier molecular flexibility index (Phi) is 5.60. The van der Waals surface area contributed by atoms with Crippen LogP contribution in [0.25, 0.3) is 16.7 Å². The molecule has 2 amide bonds. The van der Waals surface area contributed by atoms with Gasteiger partial charge < -0.3 is 10.6 Å². The van der Waals surface area contributed by atoms with Gasteiger partial charge in [0.1, 0.15) is 6.07 Å². The van der Waals surface area contributed by atoms with Crippen LogP contribution in [0.3, 0.4) is 0 Å². The molecule has 154 valence electrons. The Morgan fingerprint density at radius 1 is 1.10 bits per heavy atom. The van der Waals surface area contributed by atoms with E-state index in [1.807, 2.05) is 41.7 Å². The van der Waals surface area contributed by atoms with E-state index < -0.39 is 0 Å². The van der Waals surface area contributed by atoms with Gasteiger partial charge in [-0.25, -0.2) is 4.98 Å². The van der Waals surface area contributed by atoms with E-state index in [1.54, 1.807) is 24.3 Å². The van der Waals surface area contributed by atoms with Crippen molar-refractivity contribution in [1.82, 2.24) is 9.38 Å². The van der Waals surface area contributed by atoms with Gasteiger partial charge >= 0.3 is 0 Å². The van der Waals surface area contributed by atoms with Crippen molar-refractivity contribution in [2.75, 3.05) is 16.4 Å². The van der Waals surface area contributed by atoms with Crippen LogP contribution in [0, 0.1) is 18.3 Å². The zero-order chi connectivity index (χ0) is 22.0. The van der Waals surface area contributed by atoms with Crippen LogP contribution in [0.15, 0.2) is 59.6 Å². The predicted molar refractivity (Wildman–Crippen MR) is 122 cm³/mol. The Morgan fingerprint density at radius 3 is 2.58 bits per heavy atom. The summed E-state index contributed by atoms with van der Waals surface area (Å²) < 4.78 is 1.93. The Balaban J connectivity index is 1.59. The maximum absolute atomic E-state index is 12.6. The first-order valence-corrected chi connectivity index (χ1v) is 10.6. The monoisotopic (exact) mass is 429 g/mol. The van der Waals surface area contributed by atoms with Gasteiger partial charge in [-0.05, 0) is 48.9 Å². The molecule has 0 radical (unpaired) electrons. The number of thioether (sulfide) groups is 1. The SMILES string of the molecule is CC(=O)Nc1cccc(NC(=O)CSc2cc(C)c(C#N)c3nc4ccccc4n23)c1. The van der Waals surface area contributed by atoms with Crippen molar-refractivity contribution in [3.8, 4) is 6.07 Å². The number of pyridine rings is 1. The second kappa shape index (κ2) is 8.50. The number of aromatic nitrogens is 2. The van der Waals surface area contributed by atoms with Crippen molar-refractivity contribution >= 4 is 51.6 Å². The van der Waals surface area contributed by atoms with Crippen LogP contribution >= 0.6 is 11.8 Å². The number of benzene rings is 2. The third-order valence-corrected chi connectivity index (χ3v) is 5.67. The molecule has 2 aromatic heterocycles. The van der Waals surface area contributed by atoms with Gasteiger partial charge in [-0.3, -0.25) is 14.0 Å². The molecule has 0 aliphatic rings. The van der Waals surface area contributed by atoms with Crippen LogP contribution in [0.4, 0.5) is 11.4 Å². The number of amides is 2. The highest BCUT2D eigenvalue weighted by atomic mass is 32.2. The van der Waals surface area contributed by atoms with Crippen LogP contribution < -0.4 is 10.6 Å². The van der Waals surface area contributed by atoms with Crippen molar-refractivity contribution in [2.24, 2.45) is 0 Å². The van der Waals surface area contributed by atoms with Crippen molar-refractivity contribution < 1.29 is 9.59 Å². The summed E-state index contributed by atoms with van der Waals surface area (Å²) in [5.41, 5.74) is 4.84. The lowest BCUT2D eigenvalue weighted by Crippen LogP contribution is -2.15. The molecule has 0 aliphatic heterocycles. The number of fused-ring (bicyclic) bond motifs is 3. The van der Waals surface area contributed by atoms with E-state index in [2.05, 4.69) is 21.7 Å². The van der Waals surface area contributed by atoms with Crippen molar-refractivity contribution in [1.29, 1.82) is 5.26 Å². The van der Waals surface area contributed by atoms with Crippen molar-refractivity contribution in [3.05, 3.63) is 65.7 Å². The number of hydrogen-bond acceptors (Lipinski definition) is 5. The Bertz CT molecular complexity index is 1370. The summed E-state index contributed by atoms with van der Waals surface area (Å²) in [6.45, 7) is 3.30. The van der Waals surface area contributed by atoms with Gasteiger partial charge in [0.2, 0.25) is 11.8 Å². The topological polar surface area (TPSA) is 99.3 Å². The maximum Gasteiger partial charge on any atom is 0.234 e. The van der Waals surface area contributed by atoms with E-state index >= 15 is 0 Å². The maximum atomic E-state index is 12.6. The van der Waals surface area contributed by atoms with E-state index in [9.17, 15) is 14.9 Å². The highest BCUT2D eigenvalue weighted by molar-refractivity contribution is 7.99. The summed E-state index contributed by atoms with van der Waals surface area (Å²) >= 11 is 1.38. The molecule has 0 saturated carbocycles. The number of aryl methyl sites for hydroxylation is 1. The molecule has 0 atom stereocenters. The van der Waals surface area contributed by atoms with Crippen LogP contribution in [-0.2, 0) is 9.59 Å². The Labute approximate surface area is 183 Å². The molecule has 0 fully saturated rings. The molecular formula is C23H19N5O2S. The number of carbonyl (C=O) groups is 2. The number of carbonyl (C=O) groups excluding carboxylic acids is 2. The third kappa shape index (κ3) is 4.22. The quantitative estimate of drug-likeness (QED) is 0.459. The normalized spacial score (nSPS) is 10.7. The fraction of sp³-hybridized carbons (Fsp3) is 0.130. The second-order valence-electron chi connectivity index (χ2n) is 7.01. The van der Waals surface area contributed by atoms with Gasteiger partial charge in [0.05, 0.1) is 27.4 Å². The average molecular weight is 430 g/mol. The van der Waals surface area contributed by atoms with Gasteiger partial charge in [-0.1, -0.05) is 30.0 Å². The molecule has 0 spiro atoms. The molecule has 0 unspecified atom stereocenters. The highest BCUT2D eigenvalue weighted by Gasteiger charge is 2.16. The lowest BCUT2D eigenvalue weighted by Gasteiger charge is -2.11. The number of nitriles is 1. The minimum Gasteiger partial charge on any atom is -0.326 e. The van der Waals surface area contributed by atoms with Gasteiger partial charge in [0.15, 0.2) is 5.65 Å². The fourth-order valence-corrected chi connectivity index (χ4v) is 4.30. The zero-order valence-electron chi connectivity index (χ0n) is 17.0. The first-order valence-electron chi connectivity index (χ1n) is 9.57. The third-order valence-electron chi connectivity index (χ3n) is 4.67. The zero-order valence-corrected chi connectivity index (χ0v) is 17.8. The number of nitrogens with one attached hydrogen (secondary N) is 2. The smallest absolute Gasteiger partial charge is 0.234 e. The summed E-state index contributed by atoms with van der Waals surface area (Å²) in [4.78, 5) is 28.4. The molecule has 0 aliphatic carbocycles. The van der Waals surface area contributed by atoms with Crippen molar-refractivity contribution in [3.63, 3.8) is 0 Å². The van der Waals surface area contributed by atoms with Gasteiger partial charge in [0, 0.05) is 18.3 Å². The van der Waals surface area contributed by atoms with E-state index in [0.717, 1.165) is 21.6 Å². The lowest BCUT2D eigenvalue weighted by atomic mass is 10.2. The first kappa shape index (κ1) is 20.4. The summed E-state index contributed by atoms with van der Waals surface area (Å²) in [6, 6.07) is 18.8. The van der Waals surface area contributed by atoms with Crippen LogP contribution in [0.1, 0.15) is 18.1 Å². The number of imidazole rings is 1. The Hall–Kier alpha value is -3.83.